The number of nitrogens with one attached hydrogen (secondary N) is 1. The highest BCUT2D eigenvalue weighted by atomic mass is 32.1. The molecule has 7 heteroatoms. The molecule has 2 aliphatic heterocycles. The third kappa shape index (κ3) is 3.31. The minimum atomic E-state index is -0.943. The molecule has 2 saturated heterocycles. The van der Waals surface area contributed by atoms with Gasteiger partial charge in [0.15, 0.2) is 5.13 Å². The molecule has 0 spiro atoms. The van der Waals surface area contributed by atoms with Crippen LogP contribution in [0.1, 0.15) is 31.2 Å². The van der Waals surface area contributed by atoms with Crippen LogP contribution in [0.25, 0.3) is 0 Å². The smallest absolute Gasteiger partial charge is 0.240 e. The number of benzene rings is 1. The summed E-state index contributed by atoms with van der Waals surface area (Å²) in [6.45, 7) is 0.314. The zero-order valence-electron chi connectivity index (χ0n) is 13.7. The highest BCUT2D eigenvalue weighted by Gasteiger charge is 2.48. The second kappa shape index (κ2) is 6.48. The van der Waals surface area contributed by atoms with Crippen LogP contribution >= 0.6 is 11.3 Å². The predicted octanol–water partition coefficient (Wildman–Crippen LogP) is 2.74. The molecule has 0 radical (unpaired) electrons. The summed E-state index contributed by atoms with van der Waals surface area (Å²) in [5, 5.41) is 16.4. The summed E-state index contributed by atoms with van der Waals surface area (Å²) in [4.78, 5) is 18.5. The van der Waals surface area contributed by atoms with E-state index >= 15 is 0 Å². The standard InChI is InChI=1S/C18H20FN3O2S/c19-13-3-1-12(2-4-13)18(24)9-14-5-6-15(10-18)22(14)11-16(23)21-17-20-7-8-25-17/h1-4,7-8,14-15,24H,5-6,9-11H2,(H,20,21,23). The Kier molecular flexibility index (Phi) is 4.31. The Morgan fingerprint density at radius 1 is 1.32 bits per heavy atom. The molecule has 3 heterocycles. The molecule has 4 rings (SSSR count). The van der Waals surface area contributed by atoms with Crippen molar-refractivity contribution in [3.8, 4) is 0 Å². The van der Waals surface area contributed by atoms with Crippen molar-refractivity contribution in [2.24, 2.45) is 0 Å². The van der Waals surface area contributed by atoms with Crippen molar-refractivity contribution >= 4 is 22.4 Å². The highest BCUT2D eigenvalue weighted by Crippen LogP contribution is 2.45. The molecule has 1 amide bonds. The van der Waals surface area contributed by atoms with Crippen LogP contribution in [0, 0.1) is 5.82 Å². The Morgan fingerprint density at radius 2 is 2.00 bits per heavy atom. The van der Waals surface area contributed by atoms with Gasteiger partial charge >= 0.3 is 0 Å². The second-order valence-electron chi connectivity index (χ2n) is 6.89. The fourth-order valence-electron chi connectivity index (χ4n) is 4.18. The predicted molar refractivity (Wildman–Crippen MR) is 93.8 cm³/mol. The molecule has 1 aromatic carbocycles. The number of fused-ring (bicyclic) bond motifs is 2. The van der Waals surface area contributed by atoms with Gasteiger partial charge in [-0.2, -0.15) is 0 Å². The molecule has 2 fully saturated rings. The molecule has 2 unspecified atom stereocenters. The largest absolute Gasteiger partial charge is 0.385 e. The minimum Gasteiger partial charge on any atom is -0.385 e. The molecule has 5 nitrogen and oxygen atoms in total. The number of carbonyl (C=O) groups excluding carboxylic acids is 1. The van der Waals surface area contributed by atoms with Crippen molar-refractivity contribution in [1.29, 1.82) is 0 Å². The van der Waals surface area contributed by atoms with Crippen molar-refractivity contribution < 1.29 is 14.3 Å². The molecule has 2 aliphatic rings. The Morgan fingerprint density at radius 3 is 2.60 bits per heavy atom. The van der Waals surface area contributed by atoms with Gasteiger partial charge in [0, 0.05) is 23.7 Å². The number of halogens is 1. The van der Waals surface area contributed by atoms with Gasteiger partial charge in [0.2, 0.25) is 5.91 Å². The number of hydrogen-bond acceptors (Lipinski definition) is 5. The Bertz CT molecular complexity index is 736. The molecule has 2 aromatic rings. The molecule has 2 bridgehead atoms. The molecular weight excluding hydrogens is 341 g/mol. The maximum absolute atomic E-state index is 13.2. The lowest BCUT2D eigenvalue weighted by Crippen LogP contribution is -2.51. The van der Waals surface area contributed by atoms with E-state index in [0.717, 1.165) is 18.4 Å². The second-order valence-corrected chi connectivity index (χ2v) is 7.78. The number of amides is 1. The first-order valence-corrected chi connectivity index (χ1v) is 9.35. The lowest BCUT2D eigenvalue weighted by molar-refractivity contribution is -0.121. The summed E-state index contributed by atoms with van der Waals surface area (Å²) in [6, 6.07) is 6.44. The number of rotatable bonds is 4. The van der Waals surface area contributed by atoms with E-state index in [9.17, 15) is 14.3 Å². The topological polar surface area (TPSA) is 65.5 Å². The van der Waals surface area contributed by atoms with Crippen LogP contribution in [0.4, 0.5) is 9.52 Å². The van der Waals surface area contributed by atoms with Crippen LogP contribution in [0.15, 0.2) is 35.8 Å². The monoisotopic (exact) mass is 361 g/mol. The lowest BCUT2D eigenvalue weighted by atomic mass is 9.80. The Labute approximate surface area is 149 Å². The molecule has 2 atom stereocenters. The molecule has 2 N–H and O–H groups in total. The highest BCUT2D eigenvalue weighted by molar-refractivity contribution is 7.13. The number of aliphatic hydroxyl groups is 1. The van der Waals surface area contributed by atoms with E-state index in [0.29, 0.717) is 24.5 Å². The van der Waals surface area contributed by atoms with Crippen LogP contribution < -0.4 is 5.32 Å². The SMILES string of the molecule is O=C(CN1C2CCC1CC(O)(c1ccc(F)cc1)C2)Nc1nccs1. The molecular formula is C18H20FN3O2S. The number of piperidine rings is 1. The maximum atomic E-state index is 13.2. The zero-order chi connectivity index (χ0) is 17.4. The maximum Gasteiger partial charge on any atom is 0.240 e. The third-order valence-corrected chi connectivity index (χ3v) is 5.99. The van der Waals surface area contributed by atoms with E-state index in [-0.39, 0.29) is 23.8 Å². The first-order chi connectivity index (χ1) is 12.0. The summed E-state index contributed by atoms with van der Waals surface area (Å²) in [6.07, 6.45) is 4.74. The third-order valence-electron chi connectivity index (χ3n) is 5.30. The van der Waals surface area contributed by atoms with Crippen LogP contribution in [0.5, 0.6) is 0 Å². The molecule has 132 valence electrons. The summed E-state index contributed by atoms with van der Waals surface area (Å²) >= 11 is 1.40. The Balaban J connectivity index is 1.44. The number of thiazole rings is 1. The van der Waals surface area contributed by atoms with Crippen LogP contribution in [-0.4, -0.2) is 39.5 Å². The van der Waals surface area contributed by atoms with Gasteiger partial charge in [0.25, 0.3) is 0 Å². The van der Waals surface area contributed by atoms with Gasteiger partial charge in [-0.25, -0.2) is 9.37 Å². The number of nitrogens with zero attached hydrogens (tertiary/aromatic N) is 2. The van der Waals surface area contributed by atoms with E-state index in [2.05, 4.69) is 15.2 Å². The number of carbonyl (C=O) groups is 1. The van der Waals surface area contributed by atoms with E-state index in [4.69, 9.17) is 0 Å². The summed E-state index contributed by atoms with van der Waals surface area (Å²) in [5.74, 6) is -0.370. The van der Waals surface area contributed by atoms with Crippen molar-refractivity contribution in [1.82, 2.24) is 9.88 Å². The number of hydrogen-bond donors (Lipinski definition) is 2. The van der Waals surface area contributed by atoms with Crippen LogP contribution in [0.3, 0.4) is 0 Å². The summed E-state index contributed by atoms with van der Waals surface area (Å²) in [5.41, 5.74) is -0.181. The number of aromatic nitrogens is 1. The fourth-order valence-corrected chi connectivity index (χ4v) is 4.73. The van der Waals surface area contributed by atoms with Gasteiger partial charge < -0.3 is 10.4 Å². The van der Waals surface area contributed by atoms with Crippen LogP contribution in [-0.2, 0) is 10.4 Å². The first kappa shape index (κ1) is 16.6. The Hall–Kier alpha value is -1.83. The van der Waals surface area contributed by atoms with Gasteiger partial charge in [0.05, 0.1) is 12.1 Å². The van der Waals surface area contributed by atoms with E-state index in [1.807, 2.05) is 5.38 Å². The van der Waals surface area contributed by atoms with E-state index in [1.165, 1.54) is 23.5 Å². The fraction of sp³-hybridized carbons (Fsp3) is 0.444. The normalized spacial score (nSPS) is 28.9. The molecule has 0 saturated carbocycles. The average molecular weight is 361 g/mol. The minimum absolute atomic E-state index is 0.0703. The van der Waals surface area contributed by atoms with Gasteiger partial charge in [0.1, 0.15) is 5.82 Å². The summed E-state index contributed by atoms with van der Waals surface area (Å²) < 4.78 is 13.2. The van der Waals surface area contributed by atoms with Crippen molar-refractivity contribution in [2.45, 2.75) is 43.4 Å². The van der Waals surface area contributed by atoms with Crippen molar-refractivity contribution in [3.05, 3.63) is 47.2 Å². The van der Waals surface area contributed by atoms with Gasteiger partial charge in [-0.05, 0) is 43.4 Å². The van der Waals surface area contributed by atoms with Crippen molar-refractivity contribution in [2.75, 3.05) is 11.9 Å². The van der Waals surface area contributed by atoms with Crippen molar-refractivity contribution in [3.63, 3.8) is 0 Å². The van der Waals surface area contributed by atoms with E-state index < -0.39 is 5.60 Å². The van der Waals surface area contributed by atoms with Gasteiger partial charge in [-0.3, -0.25) is 9.69 Å². The lowest BCUT2D eigenvalue weighted by Gasteiger charge is -2.43. The summed E-state index contributed by atoms with van der Waals surface area (Å²) in [7, 11) is 0. The molecule has 1 aromatic heterocycles. The van der Waals surface area contributed by atoms with Crippen LogP contribution in [0.2, 0.25) is 0 Å². The molecule has 25 heavy (non-hydrogen) atoms. The van der Waals surface area contributed by atoms with Gasteiger partial charge in [-0.15, -0.1) is 11.3 Å². The quantitative estimate of drug-likeness (QED) is 0.879. The molecule has 0 aliphatic carbocycles. The van der Waals surface area contributed by atoms with E-state index in [1.54, 1.807) is 18.3 Å². The van der Waals surface area contributed by atoms with Gasteiger partial charge in [-0.1, -0.05) is 12.1 Å². The average Bonchev–Trinajstić information content (AvgIpc) is 3.16. The zero-order valence-corrected chi connectivity index (χ0v) is 14.5. The number of anilines is 1. The first-order valence-electron chi connectivity index (χ1n) is 8.47.